The van der Waals surface area contributed by atoms with Crippen molar-refractivity contribution >= 4 is 17.1 Å². The summed E-state index contributed by atoms with van der Waals surface area (Å²) in [6.45, 7) is 2.11. The third kappa shape index (κ3) is 2.31. The van der Waals surface area contributed by atoms with Crippen molar-refractivity contribution in [3.05, 3.63) is 48.3 Å². The first-order valence-corrected chi connectivity index (χ1v) is 5.35. The van der Waals surface area contributed by atoms with Crippen LogP contribution in [0, 0.1) is 0 Å². The minimum atomic E-state index is 0.740. The molecule has 2 rings (SSSR count). The Bertz CT molecular complexity index is 480. The molecule has 0 saturated carbocycles. The lowest BCUT2D eigenvalue weighted by Crippen LogP contribution is -1.97. The minimum absolute atomic E-state index is 0.740. The van der Waals surface area contributed by atoms with Gasteiger partial charge in [0.15, 0.2) is 0 Å². The summed E-state index contributed by atoms with van der Waals surface area (Å²) in [5.41, 5.74) is 9.69. The number of hydrogen-bond acceptors (Lipinski definition) is 3. The highest BCUT2D eigenvalue weighted by molar-refractivity contribution is 5.72. The van der Waals surface area contributed by atoms with E-state index in [1.165, 1.54) is 5.56 Å². The Balaban J connectivity index is 2.24. The highest BCUT2D eigenvalue weighted by atomic mass is 14.9. The molecule has 1 aromatic heterocycles. The molecule has 3 N–H and O–H groups in total. The molecule has 0 aliphatic rings. The molecular formula is C13H15N3. The van der Waals surface area contributed by atoms with E-state index in [2.05, 4.69) is 23.3 Å². The van der Waals surface area contributed by atoms with Crippen LogP contribution in [0.15, 0.2) is 42.7 Å². The van der Waals surface area contributed by atoms with Crippen LogP contribution in [0.5, 0.6) is 0 Å². The van der Waals surface area contributed by atoms with Crippen LogP contribution in [0.2, 0.25) is 0 Å². The van der Waals surface area contributed by atoms with E-state index in [1.807, 2.05) is 30.5 Å². The fourth-order valence-electron chi connectivity index (χ4n) is 1.52. The molecule has 82 valence electrons. The van der Waals surface area contributed by atoms with Gasteiger partial charge in [0.1, 0.15) is 0 Å². The Kier molecular flexibility index (Phi) is 3.05. The summed E-state index contributed by atoms with van der Waals surface area (Å²) in [6, 6.07) is 9.78. The van der Waals surface area contributed by atoms with E-state index in [0.717, 1.165) is 23.5 Å². The minimum Gasteiger partial charge on any atom is -0.397 e. The van der Waals surface area contributed by atoms with Crippen molar-refractivity contribution in [1.82, 2.24) is 4.98 Å². The Hall–Kier alpha value is -2.03. The van der Waals surface area contributed by atoms with Crippen molar-refractivity contribution < 1.29 is 0 Å². The van der Waals surface area contributed by atoms with Gasteiger partial charge in [-0.25, -0.2) is 0 Å². The van der Waals surface area contributed by atoms with Gasteiger partial charge < -0.3 is 11.1 Å². The summed E-state index contributed by atoms with van der Waals surface area (Å²) in [4.78, 5) is 4.18. The second kappa shape index (κ2) is 4.66. The van der Waals surface area contributed by atoms with Gasteiger partial charge in [-0.05, 0) is 30.2 Å². The second-order valence-corrected chi connectivity index (χ2v) is 3.65. The van der Waals surface area contributed by atoms with Crippen LogP contribution in [0.1, 0.15) is 12.5 Å². The molecule has 2 aromatic rings. The summed E-state index contributed by atoms with van der Waals surface area (Å²) in [6.07, 6.45) is 4.65. The average Bonchev–Trinajstić information content (AvgIpc) is 2.32. The van der Waals surface area contributed by atoms with Gasteiger partial charge in [0.05, 0.1) is 23.3 Å². The predicted molar refractivity (Wildman–Crippen MR) is 67.8 cm³/mol. The summed E-state index contributed by atoms with van der Waals surface area (Å²) < 4.78 is 0. The first-order chi connectivity index (χ1) is 7.79. The van der Waals surface area contributed by atoms with Crippen molar-refractivity contribution in [3.63, 3.8) is 0 Å². The van der Waals surface area contributed by atoms with Crippen LogP contribution < -0.4 is 11.1 Å². The molecule has 0 radical (unpaired) electrons. The number of nitrogens with zero attached hydrogens (tertiary/aromatic N) is 1. The van der Waals surface area contributed by atoms with Gasteiger partial charge in [-0.3, -0.25) is 4.98 Å². The van der Waals surface area contributed by atoms with Crippen LogP contribution in [-0.2, 0) is 6.42 Å². The molecule has 0 saturated heterocycles. The maximum Gasteiger partial charge on any atom is 0.0618 e. The van der Waals surface area contributed by atoms with Crippen molar-refractivity contribution in [1.29, 1.82) is 0 Å². The topological polar surface area (TPSA) is 50.9 Å². The second-order valence-electron chi connectivity index (χ2n) is 3.65. The first kappa shape index (κ1) is 10.5. The third-order valence-electron chi connectivity index (χ3n) is 2.44. The van der Waals surface area contributed by atoms with Crippen LogP contribution in [-0.4, -0.2) is 4.98 Å². The standard InChI is InChI=1S/C13H15N3/c1-2-10-7-11(9-15-8-10)16-13-6-4-3-5-12(13)14/h3-9,16H,2,14H2,1H3. The molecule has 0 spiro atoms. The summed E-state index contributed by atoms with van der Waals surface area (Å²) >= 11 is 0. The number of hydrogen-bond donors (Lipinski definition) is 2. The van der Waals surface area contributed by atoms with E-state index >= 15 is 0 Å². The monoisotopic (exact) mass is 213 g/mol. The maximum atomic E-state index is 5.86. The van der Waals surface area contributed by atoms with E-state index < -0.39 is 0 Å². The Labute approximate surface area is 95.3 Å². The SMILES string of the molecule is CCc1cncc(Nc2ccccc2N)c1. The van der Waals surface area contributed by atoms with Crippen molar-refractivity contribution in [2.24, 2.45) is 0 Å². The zero-order chi connectivity index (χ0) is 11.4. The zero-order valence-corrected chi connectivity index (χ0v) is 9.27. The number of aryl methyl sites for hydroxylation is 1. The third-order valence-corrected chi connectivity index (χ3v) is 2.44. The van der Waals surface area contributed by atoms with E-state index in [9.17, 15) is 0 Å². The Morgan fingerprint density at radius 1 is 1.25 bits per heavy atom. The Morgan fingerprint density at radius 2 is 2.06 bits per heavy atom. The largest absolute Gasteiger partial charge is 0.397 e. The van der Waals surface area contributed by atoms with E-state index in [-0.39, 0.29) is 0 Å². The van der Waals surface area contributed by atoms with Crippen LogP contribution in [0.3, 0.4) is 0 Å². The van der Waals surface area contributed by atoms with Gasteiger partial charge >= 0.3 is 0 Å². The predicted octanol–water partition coefficient (Wildman–Crippen LogP) is 2.97. The number of aromatic nitrogens is 1. The van der Waals surface area contributed by atoms with E-state index in [1.54, 1.807) is 6.20 Å². The van der Waals surface area contributed by atoms with Crippen molar-refractivity contribution in [2.45, 2.75) is 13.3 Å². The number of nitrogens with one attached hydrogen (secondary N) is 1. The van der Waals surface area contributed by atoms with Crippen LogP contribution >= 0.6 is 0 Å². The van der Waals surface area contributed by atoms with Gasteiger partial charge in [0.25, 0.3) is 0 Å². The molecule has 1 heterocycles. The first-order valence-electron chi connectivity index (χ1n) is 5.35. The molecule has 16 heavy (non-hydrogen) atoms. The van der Waals surface area contributed by atoms with Crippen LogP contribution in [0.25, 0.3) is 0 Å². The zero-order valence-electron chi connectivity index (χ0n) is 9.27. The van der Waals surface area contributed by atoms with E-state index in [0.29, 0.717) is 0 Å². The van der Waals surface area contributed by atoms with Gasteiger partial charge in [0, 0.05) is 6.20 Å². The summed E-state index contributed by atoms with van der Waals surface area (Å²) in [7, 11) is 0. The fraction of sp³-hybridized carbons (Fsp3) is 0.154. The molecule has 0 amide bonds. The molecule has 0 fully saturated rings. The molecule has 1 aromatic carbocycles. The number of benzene rings is 1. The summed E-state index contributed by atoms with van der Waals surface area (Å²) in [5, 5.41) is 3.26. The summed E-state index contributed by atoms with van der Waals surface area (Å²) in [5.74, 6) is 0. The molecular weight excluding hydrogens is 198 g/mol. The molecule has 0 aliphatic heterocycles. The highest BCUT2D eigenvalue weighted by Crippen LogP contribution is 2.22. The number of nitrogen functional groups attached to an aromatic ring is 1. The molecule has 3 heteroatoms. The smallest absolute Gasteiger partial charge is 0.0618 e. The van der Waals surface area contributed by atoms with Crippen LogP contribution in [0.4, 0.5) is 17.1 Å². The number of nitrogens with two attached hydrogens (primary N) is 1. The normalized spacial score (nSPS) is 10.1. The van der Waals surface area contributed by atoms with Crippen molar-refractivity contribution in [3.8, 4) is 0 Å². The molecule has 3 nitrogen and oxygen atoms in total. The highest BCUT2D eigenvalue weighted by Gasteiger charge is 1.99. The van der Waals surface area contributed by atoms with Crippen molar-refractivity contribution in [2.75, 3.05) is 11.1 Å². The quantitative estimate of drug-likeness (QED) is 0.771. The lowest BCUT2D eigenvalue weighted by atomic mass is 10.2. The molecule has 0 aliphatic carbocycles. The molecule has 0 atom stereocenters. The van der Waals surface area contributed by atoms with Gasteiger partial charge in [0.2, 0.25) is 0 Å². The van der Waals surface area contributed by atoms with Gasteiger partial charge in [-0.2, -0.15) is 0 Å². The fourth-order valence-corrected chi connectivity index (χ4v) is 1.52. The molecule has 0 bridgehead atoms. The number of anilines is 3. The van der Waals surface area contributed by atoms with Gasteiger partial charge in [-0.15, -0.1) is 0 Å². The average molecular weight is 213 g/mol. The Morgan fingerprint density at radius 3 is 2.81 bits per heavy atom. The lowest BCUT2D eigenvalue weighted by molar-refractivity contribution is 1.10. The maximum absolute atomic E-state index is 5.86. The lowest BCUT2D eigenvalue weighted by Gasteiger charge is -2.09. The number of para-hydroxylation sites is 2. The van der Waals surface area contributed by atoms with Gasteiger partial charge in [-0.1, -0.05) is 19.1 Å². The number of rotatable bonds is 3. The number of pyridine rings is 1. The molecule has 0 unspecified atom stereocenters. The van der Waals surface area contributed by atoms with E-state index in [4.69, 9.17) is 5.73 Å².